The minimum absolute atomic E-state index is 0. The fourth-order valence-corrected chi connectivity index (χ4v) is 2.26. The zero-order valence-corrected chi connectivity index (χ0v) is 12.2. The van der Waals surface area contributed by atoms with Crippen LogP contribution in [0.25, 0.3) is 0 Å². The third-order valence-electron chi connectivity index (χ3n) is 3.31. The van der Waals surface area contributed by atoms with Gasteiger partial charge >= 0.3 is 0 Å². The van der Waals surface area contributed by atoms with E-state index in [1.54, 1.807) is 7.11 Å². The van der Waals surface area contributed by atoms with Gasteiger partial charge in [-0.05, 0) is 50.1 Å². The maximum Gasteiger partial charge on any atom is 0.251 e. The van der Waals surface area contributed by atoms with Crippen molar-refractivity contribution in [3.05, 3.63) is 29.3 Å². The number of hydrogen-bond donors (Lipinski definition) is 2. The second-order valence-electron chi connectivity index (χ2n) is 4.70. The van der Waals surface area contributed by atoms with E-state index < -0.39 is 0 Å². The highest BCUT2D eigenvalue weighted by Gasteiger charge is 2.17. The average molecular weight is 285 g/mol. The molecule has 1 aromatic rings. The number of halogens is 1. The molecule has 1 saturated heterocycles. The summed E-state index contributed by atoms with van der Waals surface area (Å²) in [6, 6.07) is 5.77. The molecule has 5 heteroatoms. The molecule has 1 amide bonds. The van der Waals surface area contributed by atoms with Crippen molar-refractivity contribution < 1.29 is 9.53 Å². The fourth-order valence-electron chi connectivity index (χ4n) is 2.26. The Labute approximate surface area is 120 Å². The Kier molecular flexibility index (Phi) is 6.12. The molecule has 2 rings (SSSR count). The Morgan fingerprint density at radius 1 is 1.47 bits per heavy atom. The predicted molar refractivity (Wildman–Crippen MR) is 78.3 cm³/mol. The molecule has 1 aliphatic heterocycles. The molecule has 0 radical (unpaired) electrons. The number of benzene rings is 1. The SMILES string of the molecule is COc1ccc(C(=O)N[C@H]2CCCNC2)c(C)c1.Cl. The maximum atomic E-state index is 12.2. The summed E-state index contributed by atoms with van der Waals surface area (Å²) >= 11 is 0. The molecule has 1 aromatic carbocycles. The minimum atomic E-state index is 0. The minimum Gasteiger partial charge on any atom is -0.497 e. The molecule has 1 fully saturated rings. The molecule has 1 aliphatic rings. The van der Waals surface area contributed by atoms with Crippen LogP contribution < -0.4 is 15.4 Å². The van der Waals surface area contributed by atoms with E-state index in [0.717, 1.165) is 42.8 Å². The number of carbonyl (C=O) groups excluding carboxylic acids is 1. The summed E-state index contributed by atoms with van der Waals surface area (Å²) in [7, 11) is 1.63. The number of methoxy groups -OCH3 is 1. The van der Waals surface area contributed by atoms with Gasteiger partial charge in [0.15, 0.2) is 0 Å². The van der Waals surface area contributed by atoms with Gasteiger partial charge in [0.1, 0.15) is 5.75 Å². The number of carbonyl (C=O) groups is 1. The molecule has 0 aliphatic carbocycles. The first-order chi connectivity index (χ1) is 8.70. The molecule has 106 valence electrons. The zero-order valence-electron chi connectivity index (χ0n) is 11.4. The highest BCUT2D eigenvalue weighted by Crippen LogP contribution is 2.17. The van der Waals surface area contributed by atoms with Crippen molar-refractivity contribution in [1.29, 1.82) is 0 Å². The van der Waals surface area contributed by atoms with Gasteiger partial charge in [-0.2, -0.15) is 0 Å². The zero-order chi connectivity index (χ0) is 13.0. The molecular formula is C14H21ClN2O2. The first kappa shape index (κ1) is 15.8. The normalized spacial score (nSPS) is 18.3. The Morgan fingerprint density at radius 3 is 2.84 bits per heavy atom. The number of amides is 1. The molecule has 0 aromatic heterocycles. The molecule has 0 spiro atoms. The van der Waals surface area contributed by atoms with Crippen molar-refractivity contribution in [1.82, 2.24) is 10.6 Å². The van der Waals surface area contributed by atoms with Crippen LogP contribution in [0.15, 0.2) is 18.2 Å². The van der Waals surface area contributed by atoms with Crippen LogP contribution in [0.5, 0.6) is 5.75 Å². The summed E-state index contributed by atoms with van der Waals surface area (Å²) < 4.78 is 5.14. The van der Waals surface area contributed by atoms with Crippen LogP contribution in [0.2, 0.25) is 0 Å². The second-order valence-corrected chi connectivity index (χ2v) is 4.70. The van der Waals surface area contributed by atoms with E-state index in [2.05, 4.69) is 10.6 Å². The molecule has 1 atom stereocenters. The second kappa shape index (κ2) is 7.36. The molecule has 1 heterocycles. The van der Waals surface area contributed by atoms with Gasteiger partial charge in [-0.3, -0.25) is 4.79 Å². The van der Waals surface area contributed by atoms with Crippen LogP contribution in [-0.2, 0) is 0 Å². The van der Waals surface area contributed by atoms with Crippen LogP contribution in [0.1, 0.15) is 28.8 Å². The van der Waals surface area contributed by atoms with Gasteiger partial charge in [-0.15, -0.1) is 12.4 Å². The first-order valence-electron chi connectivity index (χ1n) is 6.37. The van der Waals surface area contributed by atoms with Gasteiger partial charge < -0.3 is 15.4 Å². The Balaban J connectivity index is 0.00000180. The van der Waals surface area contributed by atoms with Gasteiger partial charge in [0, 0.05) is 18.2 Å². The largest absolute Gasteiger partial charge is 0.497 e. The standard InChI is InChI=1S/C14H20N2O2.ClH/c1-10-8-12(18-2)5-6-13(10)14(17)16-11-4-3-7-15-9-11;/h5-6,8,11,15H,3-4,7,9H2,1-2H3,(H,16,17);1H/t11-;/m0./s1. The van der Waals surface area contributed by atoms with Crippen molar-refractivity contribution in [2.75, 3.05) is 20.2 Å². The fraction of sp³-hybridized carbons (Fsp3) is 0.500. The molecule has 4 nitrogen and oxygen atoms in total. The third-order valence-corrected chi connectivity index (χ3v) is 3.31. The highest BCUT2D eigenvalue weighted by molar-refractivity contribution is 5.96. The van der Waals surface area contributed by atoms with Crippen molar-refractivity contribution in [2.24, 2.45) is 0 Å². The lowest BCUT2D eigenvalue weighted by atomic mass is 10.0. The first-order valence-corrected chi connectivity index (χ1v) is 6.37. The molecular weight excluding hydrogens is 264 g/mol. The summed E-state index contributed by atoms with van der Waals surface area (Å²) in [5, 5.41) is 6.36. The van der Waals surface area contributed by atoms with E-state index >= 15 is 0 Å². The summed E-state index contributed by atoms with van der Waals surface area (Å²) in [6.07, 6.45) is 2.17. The lowest BCUT2D eigenvalue weighted by Gasteiger charge is -2.24. The monoisotopic (exact) mass is 284 g/mol. The summed E-state index contributed by atoms with van der Waals surface area (Å²) in [6.45, 7) is 3.84. The van der Waals surface area contributed by atoms with Crippen LogP contribution in [0.3, 0.4) is 0 Å². The van der Waals surface area contributed by atoms with E-state index in [1.165, 1.54) is 0 Å². The van der Waals surface area contributed by atoms with Gasteiger partial charge in [-0.1, -0.05) is 0 Å². The number of ether oxygens (including phenoxy) is 1. The Bertz CT molecular complexity index is 431. The van der Waals surface area contributed by atoms with Crippen LogP contribution in [-0.4, -0.2) is 32.1 Å². The van der Waals surface area contributed by atoms with Crippen LogP contribution in [0, 0.1) is 6.92 Å². The average Bonchev–Trinajstić information content (AvgIpc) is 2.39. The number of piperidine rings is 1. The van der Waals surface area contributed by atoms with E-state index in [1.807, 2.05) is 25.1 Å². The number of hydrogen-bond acceptors (Lipinski definition) is 3. The number of aryl methyl sites for hydroxylation is 1. The maximum absolute atomic E-state index is 12.2. The predicted octanol–water partition coefficient (Wildman–Crippen LogP) is 1.91. The molecule has 0 saturated carbocycles. The summed E-state index contributed by atoms with van der Waals surface area (Å²) in [4.78, 5) is 12.2. The summed E-state index contributed by atoms with van der Waals surface area (Å²) in [5.41, 5.74) is 1.66. The van der Waals surface area contributed by atoms with Crippen molar-refractivity contribution >= 4 is 18.3 Å². The highest BCUT2D eigenvalue weighted by atomic mass is 35.5. The molecule has 2 N–H and O–H groups in total. The summed E-state index contributed by atoms with van der Waals surface area (Å²) in [5.74, 6) is 0.784. The number of rotatable bonds is 3. The quantitative estimate of drug-likeness (QED) is 0.891. The van der Waals surface area contributed by atoms with E-state index in [9.17, 15) is 4.79 Å². The van der Waals surface area contributed by atoms with Gasteiger partial charge in [0.2, 0.25) is 0 Å². The van der Waals surface area contributed by atoms with E-state index in [4.69, 9.17) is 4.74 Å². The topological polar surface area (TPSA) is 50.4 Å². The lowest BCUT2D eigenvalue weighted by molar-refractivity contribution is 0.0930. The Hall–Kier alpha value is -1.26. The van der Waals surface area contributed by atoms with Gasteiger partial charge in [0.25, 0.3) is 5.91 Å². The lowest BCUT2D eigenvalue weighted by Crippen LogP contribution is -2.45. The number of nitrogens with one attached hydrogen (secondary N) is 2. The third kappa shape index (κ3) is 4.11. The van der Waals surface area contributed by atoms with Crippen LogP contribution >= 0.6 is 12.4 Å². The van der Waals surface area contributed by atoms with Crippen molar-refractivity contribution in [2.45, 2.75) is 25.8 Å². The van der Waals surface area contributed by atoms with E-state index in [-0.39, 0.29) is 24.4 Å². The van der Waals surface area contributed by atoms with Crippen LogP contribution in [0.4, 0.5) is 0 Å². The van der Waals surface area contributed by atoms with Gasteiger partial charge in [-0.25, -0.2) is 0 Å². The molecule has 0 bridgehead atoms. The van der Waals surface area contributed by atoms with Crippen molar-refractivity contribution in [3.8, 4) is 5.75 Å². The van der Waals surface area contributed by atoms with Gasteiger partial charge in [0.05, 0.1) is 7.11 Å². The molecule has 0 unspecified atom stereocenters. The van der Waals surface area contributed by atoms with E-state index in [0.29, 0.717) is 0 Å². The Morgan fingerprint density at radius 2 is 2.26 bits per heavy atom. The smallest absolute Gasteiger partial charge is 0.251 e. The molecule has 19 heavy (non-hydrogen) atoms. The van der Waals surface area contributed by atoms with Crippen molar-refractivity contribution in [3.63, 3.8) is 0 Å².